The molecule has 1 aliphatic carbocycles. The number of rotatable bonds is 7. The molecule has 0 atom stereocenters. The second-order valence-electron chi connectivity index (χ2n) is 7.54. The van der Waals surface area contributed by atoms with E-state index in [0.29, 0.717) is 28.0 Å². The van der Waals surface area contributed by atoms with Crippen molar-refractivity contribution in [2.45, 2.75) is 50.2 Å². The molecule has 0 saturated heterocycles. The molecule has 1 aliphatic rings. The number of hydrogen-bond donors (Lipinski definition) is 1. The van der Waals surface area contributed by atoms with E-state index in [1.807, 2.05) is 12.1 Å². The summed E-state index contributed by atoms with van der Waals surface area (Å²) in [6.45, 7) is 1.73. The van der Waals surface area contributed by atoms with Crippen LogP contribution >= 0.6 is 11.8 Å². The van der Waals surface area contributed by atoms with E-state index in [4.69, 9.17) is 4.42 Å². The molecular weight excluding hydrogens is 418 g/mol. The fourth-order valence-electron chi connectivity index (χ4n) is 3.84. The lowest BCUT2D eigenvalue weighted by atomic mass is 9.95. The molecule has 0 radical (unpaired) electrons. The van der Waals surface area contributed by atoms with Gasteiger partial charge >= 0.3 is 0 Å². The summed E-state index contributed by atoms with van der Waals surface area (Å²) in [6, 6.07) is 8.34. The van der Waals surface area contributed by atoms with Crippen LogP contribution < -0.4 is 5.32 Å². The van der Waals surface area contributed by atoms with Crippen LogP contribution in [0.4, 0.5) is 11.4 Å². The number of non-ortho nitro benzene ring substituents is 1. The van der Waals surface area contributed by atoms with Crippen molar-refractivity contribution in [1.29, 1.82) is 0 Å². The number of amides is 1. The average molecular weight is 442 g/mol. The summed E-state index contributed by atoms with van der Waals surface area (Å²) < 4.78 is 7.65. The third kappa shape index (κ3) is 4.79. The highest BCUT2D eigenvalue weighted by atomic mass is 32.2. The maximum atomic E-state index is 12.5. The zero-order valence-electron chi connectivity index (χ0n) is 17.1. The fraction of sp³-hybridized carbons (Fsp3) is 0.381. The number of anilines is 1. The first-order chi connectivity index (χ1) is 15.0. The Morgan fingerprint density at radius 3 is 2.77 bits per heavy atom. The van der Waals surface area contributed by atoms with Crippen molar-refractivity contribution in [2.75, 3.05) is 11.1 Å². The minimum absolute atomic E-state index is 0.00378. The summed E-state index contributed by atoms with van der Waals surface area (Å²) in [5.74, 6) is 1.29. The summed E-state index contributed by atoms with van der Waals surface area (Å²) in [4.78, 5) is 23.0. The number of furan rings is 1. The largest absolute Gasteiger partial charge is 0.461 e. The van der Waals surface area contributed by atoms with Crippen LogP contribution in [-0.2, 0) is 4.79 Å². The standard InChI is InChI=1S/C21H23N5O4S/c1-14-12-16(26(28)29)9-10-17(14)22-19(27)13-31-21-24-23-20(18-8-5-11-30-18)25(21)15-6-3-2-4-7-15/h5,8-12,15H,2-4,6-7,13H2,1H3,(H,22,27). The van der Waals surface area contributed by atoms with Gasteiger partial charge in [0, 0.05) is 23.9 Å². The van der Waals surface area contributed by atoms with Gasteiger partial charge in [0.2, 0.25) is 11.7 Å². The lowest BCUT2D eigenvalue weighted by molar-refractivity contribution is -0.384. The Kier molecular flexibility index (Phi) is 6.36. The van der Waals surface area contributed by atoms with Crippen LogP contribution in [0.5, 0.6) is 0 Å². The van der Waals surface area contributed by atoms with Crippen molar-refractivity contribution in [1.82, 2.24) is 14.8 Å². The Labute approximate surface area is 183 Å². The number of nitrogens with zero attached hydrogens (tertiary/aromatic N) is 4. The molecule has 0 aliphatic heterocycles. The molecule has 0 spiro atoms. The fourth-order valence-corrected chi connectivity index (χ4v) is 4.64. The van der Waals surface area contributed by atoms with Crippen LogP contribution in [0.2, 0.25) is 0 Å². The lowest BCUT2D eigenvalue weighted by Crippen LogP contribution is -2.17. The van der Waals surface area contributed by atoms with Gasteiger partial charge in [-0.05, 0) is 43.5 Å². The Balaban J connectivity index is 1.48. The molecule has 0 bridgehead atoms. The van der Waals surface area contributed by atoms with E-state index in [0.717, 1.165) is 25.7 Å². The summed E-state index contributed by atoms with van der Waals surface area (Å²) in [6.07, 6.45) is 7.26. The van der Waals surface area contributed by atoms with E-state index < -0.39 is 4.92 Å². The van der Waals surface area contributed by atoms with Gasteiger partial charge in [-0.3, -0.25) is 19.5 Å². The summed E-state index contributed by atoms with van der Waals surface area (Å²) in [5.41, 5.74) is 1.19. The number of aryl methyl sites for hydroxylation is 1. The highest BCUT2D eigenvalue weighted by Crippen LogP contribution is 2.35. The number of nitro benzene ring substituents is 1. The van der Waals surface area contributed by atoms with Gasteiger partial charge in [-0.2, -0.15) is 0 Å². The third-order valence-electron chi connectivity index (χ3n) is 5.37. The van der Waals surface area contributed by atoms with Crippen molar-refractivity contribution in [2.24, 2.45) is 0 Å². The molecule has 3 aromatic rings. The SMILES string of the molecule is Cc1cc([N+](=O)[O-])ccc1NC(=O)CSc1nnc(-c2ccco2)n1C1CCCCC1. The number of aromatic nitrogens is 3. The summed E-state index contributed by atoms with van der Waals surface area (Å²) in [5, 5.41) is 23.1. The van der Waals surface area contributed by atoms with Gasteiger partial charge in [0.1, 0.15) is 0 Å². The number of hydrogen-bond acceptors (Lipinski definition) is 7. The molecule has 2 aromatic heterocycles. The Hall–Kier alpha value is -3.14. The number of thioether (sulfide) groups is 1. The Morgan fingerprint density at radius 2 is 2.10 bits per heavy atom. The van der Waals surface area contributed by atoms with Gasteiger partial charge in [-0.1, -0.05) is 31.0 Å². The zero-order valence-corrected chi connectivity index (χ0v) is 17.9. The molecule has 31 heavy (non-hydrogen) atoms. The zero-order chi connectivity index (χ0) is 21.8. The number of benzene rings is 1. The molecule has 162 valence electrons. The van der Waals surface area contributed by atoms with Gasteiger partial charge in [0.05, 0.1) is 16.9 Å². The maximum Gasteiger partial charge on any atom is 0.269 e. The molecule has 9 nitrogen and oxygen atoms in total. The van der Waals surface area contributed by atoms with Gasteiger partial charge in [-0.15, -0.1) is 10.2 Å². The van der Waals surface area contributed by atoms with Crippen LogP contribution in [-0.4, -0.2) is 31.3 Å². The predicted molar refractivity (Wildman–Crippen MR) is 117 cm³/mol. The highest BCUT2D eigenvalue weighted by Gasteiger charge is 2.25. The van der Waals surface area contributed by atoms with E-state index in [9.17, 15) is 14.9 Å². The molecule has 4 rings (SSSR count). The van der Waals surface area contributed by atoms with Crippen molar-refractivity contribution in [3.05, 3.63) is 52.3 Å². The minimum atomic E-state index is -0.455. The molecule has 1 fully saturated rings. The van der Waals surface area contributed by atoms with Crippen LogP contribution in [0, 0.1) is 17.0 Å². The molecule has 10 heteroatoms. The molecule has 1 saturated carbocycles. The number of nitrogens with one attached hydrogen (secondary N) is 1. The van der Waals surface area contributed by atoms with Crippen LogP contribution in [0.3, 0.4) is 0 Å². The normalized spacial score (nSPS) is 14.5. The Morgan fingerprint density at radius 1 is 1.29 bits per heavy atom. The van der Waals surface area contributed by atoms with E-state index >= 15 is 0 Å². The summed E-state index contributed by atoms with van der Waals surface area (Å²) >= 11 is 1.33. The highest BCUT2D eigenvalue weighted by molar-refractivity contribution is 7.99. The summed E-state index contributed by atoms with van der Waals surface area (Å²) in [7, 11) is 0. The van der Waals surface area contributed by atoms with Crippen molar-refractivity contribution < 1.29 is 14.1 Å². The van der Waals surface area contributed by atoms with Gasteiger partial charge in [-0.25, -0.2) is 0 Å². The second kappa shape index (κ2) is 9.34. The molecule has 1 aromatic carbocycles. The molecular formula is C21H23N5O4S. The number of carbonyl (C=O) groups is 1. The quantitative estimate of drug-likeness (QED) is 0.312. The first-order valence-corrected chi connectivity index (χ1v) is 11.2. The average Bonchev–Trinajstić information content (AvgIpc) is 3.44. The van der Waals surface area contributed by atoms with Crippen molar-refractivity contribution in [3.8, 4) is 11.6 Å². The van der Waals surface area contributed by atoms with Gasteiger partial charge in [0.25, 0.3) is 5.69 Å². The minimum Gasteiger partial charge on any atom is -0.461 e. The van der Waals surface area contributed by atoms with Crippen molar-refractivity contribution in [3.63, 3.8) is 0 Å². The van der Waals surface area contributed by atoms with Crippen LogP contribution in [0.25, 0.3) is 11.6 Å². The topological polar surface area (TPSA) is 116 Å². The third-order valence-corrected chi connectivity index (χ3v) is 6.32. The lowest BCUT2D eigenvalue weighted by Gasteiger charge is -2.25. The first kappa shape index (κ1) is 21.1. The van der Waals surface area contributed by atoms with Gasteiger partial charge in [0.15, 0.2) is 10.9 Å². The molecule has 0 unspecified atom stereocenters. The second-order valence-corrected chi connectivity index (χ2v) is 8.48. The van der Waals surface area contributed by atoms with Gasteiger partial charge < -0.3 is 9.73 Å². The van der Waals surface area contributed by atoms with Crippen LogP contribution in [0.1, 0.15) is 43.7 Å². The van der Waals surface area contributed by atoms with E-state index in [1.54, 1.807) is 19.3 Å². The number of nitro groups is 1. The number of carbonyl (C=O) groups excluding carboxylic acids is 1. The smallest absolute Gasteiger partial charge is 0.269 e. The predicted octanol–water partition coefficient (Wildman–Crippen LogP) is 4.99. The molecule has 1 N–H and O–H groups in total. The van der Waals surface area contributed by atoms with E-state index in [2.05, 4.69) is 20.1 Å². The molecule has 1 amide bonds. The van der Waals surface area contributed by atoms with Crippen LogP contribution in [0.15, 0.2) is 46.2 Å². The monoisotopic (exact) mass is 441 g/mol. The maximum absolute atomic E-state index is 12.5. The first-order valence-electron chi connectivity index (χ1n) is 10.2. The Bertz CT molecular complexity index is 1070. The van der Waals surface area contributed by atoms with E-state index in [1.165, 1.54) is 30.3 Å². The van der Waals surface area contributed by atoms with Crippen molar-refractivity contribution >= 4 is 29.0 Å². The van der Waals surface area contributed by atoms with E-state index in [-0.39, 0.29) is 23.4 Å². The molecule has 2 heterocycles.